The minimum Gasteiger partial charge on any atom is -0.357 e. The Kier molecular flexibility index (Phi) is 5.26. The van der Waals surface area contributed by atoms with Crippen molar-refractivity contribution in [2.45, 2.75) is 39.7 Å². The van der Waals surface area contributed by atoms with Gasteiger partial charge in [0.25, 0.3) is 0 Å². The number of hydrogen-bond donors (Lipinski definition) is 1. The van der Waals surface area contributed by atoms with E-state index in [0.717, 1.165) is 31.7 Å². The Labute approximate surface area is 98.7 Å². The summed E-state index contributed by atoms with van der Waals surface area (Å²) in [7, 11) is 0. The molecule has 3 nitrogen and oxygen atoms in total. The van der Waals surface area contributed by atoms with Crippen molar-refractivity contribution in [3.05, 3.63) is 23.9 Å². The first-order valence-electron chi connectivity index (χ1n) is 6.17. The Balaban J connectivity index is 2.90. The van der Waals surface area contributed by atoms with Gasteiger partial charge in [-0.3, -0.25) is 0 Å². The molecular formula is C13H23N3. The standard InChI is InChI=1S/C13H23N3/c1-4-12(14)10-11-8-7-9-15-13(11)16(5-2)6-3/h7-9,12H,4-6,10,14H2,1-3H3. The van der Waals surface area contributed by atoms with Crippen LogP contribution < -0.4 is 10.6 Å². The molecule has 0 aliphatic heterocycles. The van der Waals surface area contributed by atoms with Crippen LogP contribution in [0.15, 0.2) is 18.3 Å². The summed E-state index contributed by atoms with van der Waals surface area (Å²) >= 11 is 0. The molecule has 2 N–H and O–H groups in total. The second-order valence-corrected chi connectivity index (χ2v) is 4.03. The molecule has 1 atom stereocenters. The topological polar surface area (TPSA) is 42.1 Å². The van der Waals surface area contributed by atoms with E-state index in [1.54, 1.807) is 0 Å². The van der Waals surface area contributed by atoms with E-state index in [2.05, 4.69) is 36.7 Å². The Morgan fingerprint density at radius 2 is 2.00 bits per heavy atom. The summed E-state index contributed by atoms with van der Waals surface area (Å²) in [4.78, 5) is 6.75. The second kappa shape index (κ2) is 6.48. The number of anilines is 1. The number of rotatable bonds is 6. The monoisotopic (exact) mass is 221 g/mol. The van der Waals surface area contributed by atoms with Gasteiger partial charge in [-0.05, 0) is 38.3 Å². The molecule has 0 bridgehead atoms. The zero-order chi connectivity index (χ0) is 12.0. The Morgan fingerprint density at radius 1 is 1.31 bits per heavy atom. The van der Waals surface area contributed by atoms with E-state index < -0.39 is 0 Å². The Morgan fingerprint density at radius 3 is 2.56 bits per heavy atom. The van der Waals surface area contributed by atoms with E-state index in [0.29, 0.717) is 0 Å². The second-order valence-electron chi connectivity index (χ2n) is 4.03. The Hall–Kier alpha value is -1.09. The number of hydrogen-bond acceptors (Lipinski definition) is 3. The van der Waals surface area contributed by atoms with Crippen molar-refractivity contribution in [2.75, 3.05) is 18.0 Å². The lowest BCUT2D eigenvalue weighted by Crippen LogP contribution is -2.27. The van der Waals surface area contributed by atoms with Crippen LogP contribution in [0.25, 0.3) is 0 Å². The van der Waals surface area contributed by atoms with Crippen molar-refractivity contribution in [1.82, 2.24) is 4.98 Å². The van der Waals surface area contributed by atoms with Crippen LogP contribution in [0.3, 0.4) is 0 Å². The first-order valence-corrected chi connectivity index (χ1v) is 6.17. The lowest BCUT2D eigenvalue weighted by molar-refractivity contribution is 0.642. The van der Waals surface area contributed by atoms with Crippen molar-refractivity contribution in [3.63, 3.8) is 0 Å². The fraction of sp³-hybridized carbons (Fsp3) is 0.615. The zero-order valence-corrected chi connectivity index (χ0v) is 10.6. The highest BCUT2D eigenvalue weighted by atomic mass is 15.2. The van der Waals surface area contributed by atoms with Gasteiger partial charge in [-0.25, -0.2) is 4.98 Å². The van der Waals surface area contributed by atoms with E-state index in [-0.39, 0.29) is 6.04 Å². The van der Waals surface area contributed by atoms with E-state index in [4.69, 9.17) is 5.73 Å². The number of pyridine rings is 1. The molecule has 1 heterocycles. The van der Waals surface area contributed by atoms with Gasteiger partial charge in [-0.15, -0.1) is 0 Å². The third kappa shape index (κ3) is 3.20. The van der Waals surface area contributed by atoms with Gasteiger partial charge in [0.05, 0.1) is 0 Å². The molecule has 1 aromatic heterocycles. The quantitative estimate of drug-likeness (QED) is 0.801. The molecule has 0 saturated heterocycles. The van der Waals surface area contributed by atoms with Crippen molar-refractivity contribution in [1.29, 1.82) is 0 Å². The van der Waals surface area contributed by atoms with Crippen LogP contribution in [0.5, 0.6) is 0 Å². The number of nitrogens with zero attached hydrogens (tertiary/aromatic N) is 2. The van der Waals surface area contributed by atoms with Crippen LogP contribution in [0.1, 0.15) is 32.8 Å². The maximum absolute atomic E-state index is 6.01. The highest BCUT2D eigenvalue weighted by Gasteiger charge is 2.11. The molecule has 1 unspecified atom stereocenters. The van der Waals surface area contributed by atoms with Crippen molar-refractivity contribution < 1.29 is 0 Å². The lowest BCUT2D eigenvalue weighted by Gasteiger charge is -2.23. The van der Waals surface area contributed by atoms with Crippen LogP contribution in [-0.4, -0.2) is 24.1 Å². The van der Waals surface area contributed by atoms with Crippen LogP contribution in [0, 0.1) is 0 Å². The molecule has 0 aliphatic rings. The highest BCUT2D eigenvalue weighted by Crippen LogP contribution is 2.18. The zero-order valence-electron chi connectivity index (χ0n) is 10.6. The van der Waals surface area contributed by atoms with Crippen LogP contribution in [0.4, 0.5) is 5.82 Å². The third-order valence-electron chi connectivity index (χ3n) is 2.94. The molecule has 0 spiro atoms. The molecule has 16 heavy (non-hydrogen) atoms. The first kappa shape index (κ1) is 13.0. The summed E-state index contributed by atoms with van der Waals surface area (Å²) in [5.74, 6) is 1.09. The van der Waals surface area contributed by atoms with Crippen LogP contribution in [-0.2, 0) is 6.42 Å². The fourth-order valence-electron chi connectivity index (χ4n) is 1.82. The summed E-state index contributed by atoms with van der Waals surface area (Å²) in [6.07, 6.45) is 3.78. The average Bonchev–Trinajstić information content (AvgIpc) is 2.32. The largest absolute Gasteiger partial charge is 0.357 e. The maximum Gasteiger partial charge on any atom is 0.131 e. The average molecular weight is 221 g/mol. The van der Waals surface area contributed by atoms with E-state index >= 15 is 0 Å². The minimum absolute atomic E-state index is 0.235. The van der Waals surface area contributed by atoms with Gasteiger partial charge >= 0.3 is 0 Å². The molecule has 0 radical (unpaired) electrons. The van der Waals surface area contributed by atoms with Crippen molar-refractivity contribution in [2.24, 2.45) is 5.73 Å². The van der Waals surface area contributed by atoms with Crippen LogP contribution in [0.2, 0.25) is 0 Å². The molecule has 1 aromatic rings. The van der Waals surface area contributed by atoms with Gasteiger partial charge in [0.1, 0.15) is 5.82 Å². The van der Waals surface area contributed by atoms with Crippen LogP contribution >= 0.6 is 0 Å². The fourth-order valence-corrected chi connectivity index (χ4v) is 1.82. The first-order chi connectivity index (χ1) is 7.72. The smallest absolute Gasteiger partial charge is 0.131 e. The molecule has 3 heteroatoms. The van der Waals surface area contributed by atoms with Gasteiger partial charge in [-0.2, -0.15) is 0 Å². The molecule has 1 rings (SSSR count). The lowest BCUT2D eigenvalue weighted by atomic mass is 10.1. The van der Waals surface area contributed by atoms with Crippen molar-refractivity contribution in [3.8, 4) is 0 Å². The minimum atomic E-state index is 0.235. The molecule has 0 amide bonds. The van der Waals surface area contributed by atoms with Gasteiger partial charge in [-0.1, -0.05) is 13.0 Å². The maximum atomic E-state index is 6.01. The SMILES string of the molecule is CCC(N)Cc1cccnc1N(CC)CC. The molecule has 0 saturated carbocycles. The van der Waals surface area contributed by atoms with Gasteiger partial charge in [0.2, 0.25) is 0 Å². The summed E-state index contributed by atoms with van der Waals surface area (Å²) < 4.78 is 0. The highest BCUT2D eigenvalue weighted by molar-refractivity contribution is 5.46. The van der Waals surface area contributed by atoms with Gasteiger partial charge in [0.15, 0.2) is 0 Å². The Bertz CT molecular complexity index is 308. The third-order valence-corrected chi connectivity index (χ3v) is 2.94. The summed E-state index contributed by atoms with van der Waals surface area (Å²) in [5, 5.41) is 0. The predicted octanol–water partition coefficient (Wildman–Crippen LogP) is 2.21. The molecule has 90 valence electrons. The molecule has 0 aromatic carbocycles. The molecule has 0 aliphatic carbocycles. The number of aromatic nitrogens is 1. The summed E-state index contributed by atoms with van der Waals surface area (Å²) in [6.45, 7) is 8.41. The van der Waals surface area contributed by atoms with Crippen molar-refractivity contribution >= 4 is 5.82 Å². The molecule has 0 fully saturated rings. The van der Waals surface area contributed by atoms with E-state index in [9.17, 15) is 0 Å². The van der Waals surface area contributed by atoms with E-state index in [1.807, 2.05) is 12.3 Å². The summed E-state index contributed by atoms with van der Waals surface area (Å²) in [6, 6.07) is 4.36. The van der Waals surface area contributed by atoms with Gasteiger partial charge < -0.3 is 10.6 Å². The normalized spacial score (nSPS) is 12.5. The predicted molar refractivity (Wildman–Crippen MR) is 69.8 cm³/mol. The van der Waals surface area contributed by atoms with Gasteiger partial charge in [0, 0.05) is 25.3 Å². The number of nitrogens with two attached hydrogens (primary N) is 1. The molecular weight excluding hydrogens is 198 g/mol. The van der Waals surface area contributed by atoms with E-state index in [1.165, 1.54) is 5.56 Å². The summed E-state index contributed by atoms with van der Waals surface area (Å²) in [5.41, 5.74) is 7.28.